The number of carboxylic acid groups (broad SMARTS) is 1. The molecule has 0 radical (unpaired) electrons. The van der Waals surface area contributed by atoms with Crippen LogP contribution >= 0.6 is 0 Å². The number of rotatable bonds is 5. The van der Waals surface area contributed by atoms with Gasteiger partial charge in [0.15, 0.2) is 0 Å². The minimum atomic E-state index is -5.08. The van der Waals surface area contributed by atoms with Crippen LogP contribution in [0.2, 0.25) is 0 Å². The number of halogens is 3. The number of hydrogen-bond acceptors (Lipinski definition) is 6. The highest BCUT2D eigenvalue weighted by molar-refractivity contribution is 5.93. The topological polar surface area (TPSA) is 118 Å². The molecule has 0 spiro atoms. The Morgan fingerprint density at radius 3 is 2.68 bits per heavy atom. The summed E-state index contributed by atoms with van der Waals surface area (Å²) in [6.07, 6.45) is 0.609. The average Bonchev–Trinajstić information content (AvgIpc) is 3.49. The zero-order valence-corrected chi connectivity index (χ0v) is 20.4. The Hall–Kier alpha value is -3.67. The van der Waals surface area contributed by atoms with Gasteiger partial charge in [0, 0.05) is 43.9 Å². The van der Waals surface area contributed by atoms with Crippen molar-refractivity contribution in [3.05, 3.63) is 59.4 Å². The lowest BCUT2D eigenvalue weighted by Crippen LogP contribution is -2.35. The molecule has 0 unspecified atom stereocenters. The summed E-state index contributed by atoms with van der Waals surface area (Å²) < 4.78 is 43.4. The first kappa shape index (κ1) is 27.4. The molecule has 0 saturated carbocycles. The maximum atomic E-state index is 12.9. The smallest absolute Gasteiger partial charge is 0.490 e. The molecule has 0 bridgehead atoms. The molecular formula is C26H28F3N3O6. The second kappa shape index (κ2) is 11.8. The lowest BCUT2D eigenvalue weighted by Gasteiger charge is -2.21. The molecule has 12 heteroatoms. The Kier molecular flexibility index (Phi) is 8.50. The summed E-state index contributed by atoms with van der Waals surface area (Å²) in [7, 11) is 0. The third-order valence-corrected chi connectivity index (χ3v) is 6.81. The fourth-order valence-corrected chi connectivity index (χ4v) is 4.85. The third kappa shape index (κ3) is 6.80. The number of nitrogens with zero attached hydrogens (tertiary/aromatic N) is 2. The van der Waals surface area contributed by atoms with E-state index < -0.39 is 12.1 Å². The van der Waals surface area contributed by atoms with Crippen LogP contribution in [-0.2, 0) is 27.2 Å². The molecule has 2 saturated heterocycles. The summed E-state index contributed by atoms with van der Waals surface area (Å²) in [4.78, 5) is 40.0. The maximum absolute atomic E-state index is 12.9. The Morgan fingerprint density at radius 1 is 1.18 bits per heavy atom. The number of benzene rings is 1. The minimum Gasteiger partial charge on any atom is -0.493 e. The lowest BCUT2D eigenvalue weighted by atomic mass is 9.93. The van der Waals surface area contributed by atoms with Crippen LogP contribution in [0, 0.1) is 11.8 Å². The van der Waals surface area contributed by atoms with Gasteiger partial charge in [-0.2, -0.15) is 13.2 Å². The van der Waals surface area contributed by atoms with Gasteiger partial charge in [-0.05, 0) is 42.2 Å². The van der Waals surface area contributed by atoms with E-state index in [4.69, 9.17) is 19.4 Å². The zero-order chi connectivity index (χ0) is 27.3. The van der Waals surface area contributed by atoms with Crippen LogP contribution in [0.3, 0.4) is 0 Å². The normalized spacial score (nSPS) is 21.9. The zero-order valence-electron chi connectivity index (χ0n) is 20.4. The molecule has 204 valence electrons. The van der Waals surface area contributed by atoms with Crippen molar-refractivity contribution in [2.75, 3.05) is 32.8 Å². The standard InChI is InChI=1S/C24H27N3O4.C2HF3O2/c28-23(10-16-5-6-21-17(9-16)4-2-8-30-21)27-13-20-19(15-31-22(20)14-27)12-26-24(29)18-3-1-7-25-11-18;3-2(4,5)1(6)7/h1,3,5-7,9,11,19-20,22H,2,4,8,10,12-15H2,(H,26,29);(H,6,7)/t19-,20-,22-;/m1./s1. The van der Waals surface area contributed by atoms with Gasteiger partial charge in [-0.15, -0.1) is 0 Å². The molecule has 2 aromatic rings. The quantitative estimate of drug-likeness (QED) is 0.604. The number of aryl methyl sites for hydroxylation is 1. The number of aromatic nitrogens is 1. The monoisotopic (exact) mass is 535 g/mol. The highest BCUT2D eigenvalue weighted by Gasteiger charge is 2.45. The Morgan fingerprint density at radius 2 is 1.97 bits per heavy atom. The van der Waals surface area contributed by atoms with Crippen molar-refractivity contribution in [1.29, 1.82) is 0 Å². The summed E-state index contributed by atoms with van der Waals surface area (Å²) >= 11 is 0. The molecule has 5 rings (SSSR count). The molecule has 4 heterocycles. The van der Waals surface area contributed by atoms with Crippen molar-refractivity contribution >= 4 is 17.8 Å². The highest BCUT2D eigenvalue weighted by Crippen LogP contribution is 2.34. The van der Waals surface area contributed by atoms with Crippen molar-refractivity contribution in [2.24, 2.45) is 11.8 Å². The van der Waals surface area contributed by atoms with Gasteiger partial charge in [0.25, 0.3) is 5.91 Å². The van der Waals surface area contributed by atoms with E-state index in [0.29, 0.717) is 38.2 Å². The number of carboxylic acids is 1. The van der Waals surface area contributed by atoms with Gasteiger partial charge in [0.2, 0.25) is 5.91 Å². The van der Waals surface area contributed by atoms with E-state index in [0.717, 1.165) is 30.8 Å². The number of carbonyl (C=O) groups is 3. The second-order valence-corrected chi connectivity index (χ2v) is 9.42. The van der Waals surface area contributed by atoms with Crippen LogP contribution in [0.1, 0.15) is 27.9 Å². The van der Waals surface area contributed by atoms with Gasteiger partial charge in [0.05, 0.1) is 31.3 Å². The number of ether oxygens (including phenoxy) is 2. The molecule has 2 N–H and O–H groups in total. The van der Waals surface area contributed by atoms with Crippen LogP contribution in [0.5, 0.6) is 5.75 Å². The summed E-state index contributed by atoms with van der Waals surface area (Å²) in [6, 6.07) is 9.58. The van der Waals surface area contributed by atoms with Crippen molar-refractivity contribution < 1.29 is 42.1 Å². The molecule has 1 aromatic heterocycles. The van der Waals surface area contributed by atoms with Gasteiger partial charge in [-0.25, -0.2) is 4.79 Å². The number of alkyl halides is 3. The first-order valence-corrected chi connectivity index (χ1v) is 12.2. The molecule has 38 heavy (non-hydrogen) atoms. The number of aliphatic carboxylic acids is 1. The molecule has 3 aliphatic heterocycles. The number of hydrogen-bond donors (Lipinski definition) is 2. The maximum Gasteiger partial charge on any atom is 0.490 e. The molecule has 3 atom stereocenters. The summed E-state index contributed by atoms with van der Waals surface area (Å²) in [5, 5.41) is 10.1. The molecule has 3 aliphatic rings. The van der Waals surface area contributed by atoms with Crippen molar-refractivity contribution in [2.45, 2.75) is 31.5 Å². The first-order valence-electron chi connectivity index (χ1n) is 12.2. The Labute approximate surface area is 216 Å². The highest BCUT2D eigenvalue weighted by atomic mass is 19.4. The first-order chi connectivity index (χ1) is 18.1. The molecule has 1 aromatic carbocycles. The van der Waals surface area contributed by atoms with E-state index in [1.807, 2.05) is 17.0 Å². The van der Waals surface area contributed by atoms with Crippen LogP contribution in [0.4, 0.5) is 13.2 Å². The van der Waals surface area contributed by atoms with Crippen LogP contribution in [0.25, 0.3) is 0 Å². The molecule has 2 fully saturated rings. The number of amides is 2. The Balaban J connectivity index is 0.000000426. The summed E-state index contributed by atoms with van der Waals surface area (Å²) in [5.41, 5.74) is 2.78. The molecular weight excluding hydrogens is 507 g/mol. The van der Waals surface area contributed by atoms with E-state index in [-0.39, 0.29) is 29.8 Å². The van der Waals surface area contributed by atoms with Crippen LogP contribution in [0.15, 0.2) is 42.7 Å². The van der Waals surface area contributed by atoms with Gasteiger partial charge < -0.3 is 24.8 Å². The molecule has 2 amide bonds. The van der Waals surface area contributed by atoms with Gasteiger partial charge >= 0.3 is 12.1 Å². The number of carbonyl (C=O) groups excluding carboxylic acids is 2. The summed E-state index contributed by atoms with van der Waals surface area (Å²) in [6.45, 7) is 3.25. The number of pyridine rings is 1. The largest absolute Gasteiger partial charge is 0.493 e. The SMILES string of the molecule is O=C(NC[C@@H]1CO[C@@H]2CN(C(=O)Cc3ccc4c(c3)CCCO4)C[C@H]12)c1cccnc1.O=C(O)C(F)(F)F. The predicted octanol–water partition coefficient (Wildman–Crippen LogP) is 2.49. The van der Waals surface area contributed by atoms with E-state index in [2.05, 4.69) is 16.4 Å². The minimum absolute atomic E-state index is 0.0566. The fraction of sp³-hybridized carbons (Fsp3) is 0.462. The average molecular weight is 536 g/mol. The van der Waals surface area contributed by atoms with Crippen LogP contribution < -0.4 is 10.1 Å². The van der Waals surface area contributed by atoms with Crippen molar-refractivity contribution in [3.8, 4) is 5.75 Å². The lowest BCUT2D eigenvalue weighted by molar-refractivity contribution is -0.192. The Bertz CT molecular complexity index is 1160. The fourth-order valence-electron chi connectivity index (χ4n) is 4.85. The third-order valence-electron chi connectivity index (χ3n) is 6.81. The number of nitrogens with one attached hydrogen (secondary N) is 1. The van der Waals surface area contributed by atoms with E-state index in [9.17, 15) is 22.8 Å². The van der Waals surface area contributed by atoms with Crippen molar-refractivity contribution in [1.82, 2.24) is 15.2 Å². The van der Waals surface area contributed by atoms with E-state index in [1.165, 1.54) is 5.56 Å². The van der Waals surface area contributed by atoms with E-state index in [1.54, 1.807) is 24.5 Å². The van der Waals surface area contributed by atoms with Crippen LogP contribution in [-0.4, -0.2) is 77.9 Å². The van der Waals surface area contributed by atoms with Gasteiger partial charge in [-0.3, -0.25) is 14.6 Å². The van der Waals surface area contributed by atoms with Gasteiger partial charge in [0.1, 0.15) is 5.75 Å². The van der Waals surface area contributed by atoms with E-state index >= 15 is 0 Å². The number of likely N-dealkylation sites (tertiary alicyclic amines) is 1. The van der Waals surface area contributed by atoms with Crippen molar-refractivity contribution in [3.63, 3.8) is 0 Å². The molecule has 9 nitrogen and oxygen atoms in total. The van der Waals surface area contributed by atoms with Gasteiger partial charge in [-0.1, -0.05) is 12.1 Å². The predicted molar refractivity (Wildman–Crippen MR) is 128 cm³/mol. The molecule has 0 aliphatic carbocycles. The summed E-state index contributed by atoms with van der Waals surface area (Å²) in [5.74, 6) is -1.33. The second-order valence-electron chi connectivity index (χ2n) is 9.42. The number of fused-ring (bicyclic) bond motifs is 2.